The van der Waals surface area contributed by atoms with Crippen LogP contribution < -0.4 is 5.73 Å². The lowest BCUT2D eigenvalue weighted by Crippen LogP contribution is -2.14. The monoisotopic (exact) mass is 339 g/mol. The Hall–Kier alpha value is -0.100. The van der Waals surface area contributed by atoms with E-state index >= 15 is 0 Å². The van der Waals surface area contributed by atoms with Crippen molar-refractivity contribution in [1.82, 2.24) is 0 Å². The molecule has 0 aromatic heterocycles. The molecule has 0 saturated carbocycles. The molecule has 0 saturated heterocycles. The molecule has 2 nitrogen and oxygen atoms in total. The highest BCUT2D eigenvalue weighted by molar-refractivity contribution is 14.1. The summed E-state index contributed by atoms with van der Waals surface area (Å²) in [6, 6.07) is 5.79. The number of carbonyl (C=O) groups excluding carboxylic acids is 1. The molecule has 0 aliphatic carbocycles. The summed E-state index contributed by atoms with van der Waals surface area (Å²) in [7, 11) is 0. The van der Waals surface area contributed by atoms with E-state index in [1.807, 2.05) is 18.2 Å². The second kappa shape index (κ2) is 4.23. The molecule has 1 amide bonds. The molecule has 0 fully saturated rings. The number of nitrogens with two attached hydrogens (primary N) is 1. The zero-order valence-corrected chi connectivity index (χ0v) is 9.92. The van der Waals surface area contributed by atoms with E-state index < -0.39 is 0 Å². The Bertz CT molecular complexity index is 314. The number of rotatable bonds is 2. The van der Waals surface area contributed by atoms with Gasteiger partial charge in [-0.2, -0.15) is 0 Å². The van der Waals surface area contributed by atoms with Crippen molar-refractivity contribution < 1.29 is 4.79 Å². The van der Waals surface area contributed by atoms with E-state index in [9.17, 15) is 4.79 Å². The number of primary amides is 1. The lowest BCUT2D eigenvalue weighted by molar-refractivity contribution is -0.117. The molecule has 12 heavy (non-hydrogen) atoms. The summed E-state index contributed by atoms with van der Waals surface area (Å²) in [4.78, 5) is 10.6. The lowest BCUT2D eigenvalue weighted by atomic mass is 10.1. The average Bonchev–Trinajstić information content (AvgIpc) is 1.96. The lowest BCUT2D eigenvalue weighted by Gasteiger charge is -2.01. The number of hydrogen-bond acceptors (Lipinski definition) is 1. The normalized spacial score (nSPS) is 9.83. The number of carbonyl (C=O) groups is 1. The molecule has 0 heterocycles. The molecule has 1 aromatic carbocycles. The van der Waals surface area contributed by atoms with Crippen LogP contribution in [0.25, 0.3) is 0 Å². The van der Waals surface area contributed by atoms with Crippen LogP contribution in [0.4, 0.5) is 0 Å². The molecule has 0 aliphatic rings. The first kappa shape index (κ1) is 9.98. The molecule has 2 N–H and O–H groups in total. The van der Waals surface area contributed by atoms with Gasteiger partial charge >= 0.3 is 0 Å². The van der Waals surface area contributed by atoms with Crippen LogP contribution in [0.3, 0.4) is 0 Å². The molecule has 1 rings (SSSR count). The van der Waals surface area contributed by atoms with Crippen molar-refractivity contribution in [2.75, 3.05) is 0 Å². The molecule has 4 heteroatoms. The SMILES string of the molecule is NC(=O)Cc1cc(Br)ccc1I. The van der Waals surface area contributed by atoms with Crippen molar-refractivity contribution in [2.45, 2.75) is 6.42 Å². The standard InChI is InChI=1S/C8H7BrINO/c9-6-1-2-7(10)5(3-6)4-8(11)12/h1-3H,4H2,(H2,11,12). The Balaban J connectivity index is 2.97. The van der Waals surface area contributed by atoms with Crippen LogP contribution in [-0.2, 0) is 11.2 Å². The van der Waals surface area contributed by atoms with Crippen LogP contribution in [0.1, 0.15) is 5.56 Å². The fourth-order valence-corrected chi connectivity index (χ4v) is 1.80. The highest BCUT2D eigenvalue weighted by atomic mass is 127. The second-order valence-corrected chi connectivity index (χ2v) is 4.46. The topological polar surface area (TPSA) is 43.1 Å². The van der Waals surface area contributed by atoms with Gasteiger partial charge in [-0.1, -0.05) is 15.9 Å². The minimum atomic E-state index is -0.300. The highest BCUT2D eigenvalue weighted by Crippen LogP contribution is 2.18. The van der Waals surface area contributed by atoms with Crippen LogP contribution in [0.15, 0.2) is 22.7 Å². The van der Waals surface area contributed by atoms with Gasteiger partial charge in [0.2, 0.25) is 5.91 Å². The van der Waals surface area contributed by atoms with Crippen LogP contribution in [0.2, 0.25) is 0 Å². The number of halogens is 2. The minimum Gasteiger partial charge on any atom is -0.369 e. The highest BCUT2D eigenvalue weighted by Gasteiger charge is 2.03. The Morgan fingerprint density at radius 3 is 2.83 bits per heavy atom. The third-order valence-electron chi connectivity index (χ3n) is 1.37. The molecular weight excluding hydrogens is 333 g/mol. The minimum absolute atomic E-state index is 0.300. The van der Waals surface area contributed by atoms with E-state index in [1.165, 1.54) is 0 Å². The summed E-state index contributed by atoms with van der Waals surface area (Å²) in [6.45, 7) is 0. The summed E-state index contributed by atoms with van der Waals surface area (Å²) in [6.07, 6.45) is 0.303. The first-order chi connectivity index (χ1) is 5.59. The fourth-order valence-electron chi connectivity index (χ4n) is 0.866. The summed E-state index contributed by atoms with van der Waals surface area (Å²) < 4.78 is 2.04. The molecule has 0 radical (unpaired) electrons. The maximum atomic E-state index is 10.6. The van der Waals surface area contributed by atoms with Crippen molar-refractivity contribution in [3.63, 3.8) is 0 Å². The predicted molar refractivity (Wildman–Crippen MR) is 59.8 cm³/mol. The zero-order valence-electron chi connectivity index (χ0n) is 6.18. The first-order valence-electron chi connectivity index (χ1n) is 3.32. The fraction of sp³-hybridized carbons (Fsp3) is 0.125. The third kappa shape index (κ3) is 2.75. The van der Waals surface area contributed by atoms with Gasteiger partial charge in [-0.15, -0.1) is 0 Å². The number of benzene rings is 1. The predicted octanol–water partition coefficient (Wildman–Crippen LogP) is 2.08. The maximum absolute atomic E-state index is 10.6. The van der Waals surface area contributed by atoms with Crippen molar-refractivity contribution >= 4 is 44.4 Å². The van der Waals surface area contributed by atoms with Gasteiger partial charge in [0.15, 0.2) is 0 Å². The van der Waals surface area contributed by atoms with E-state index in [0.29, 0.717) is 6.42 Å². The summed E-state index contributed by atoms with van der Waals surface area (Å²) in [5.74, 6) is -0.300. The number of amides is 1. The van der Waals surface area contributed by atoms with Crippen molar-refractivity contribution in [2.24, 2.45) is 5.73 Å². The molecule has 0 spiro atoms. The smallest absolute Gasteiger partial charge is 0.221 e. The Morgan fingerprint density at radius 2 is 2.25 bits per heavy atom. The number of hydrogen-bond donors (Lipinski definition) is 1. The van der Waals surface area contributed by atoms with Crippen molar-refractivity contribution in [3.05, 3.63) is 31.8 Å². The van der Waals surface area contributed by atoms with Gasteiger partial charge in [0.05, 0.1) is 6.42 Å². The van der Waals surface area contributed by atoms with Gasteiger partial charge in [-0.3, -0.25) is 4.79 Å². The van der Waals surface area contributed by atoms with E-state index in [-0.39, 0.29) is 5.91 Å². The summed E-state index contributed by atoms with van der Waals surface area (Å²) in [5.41, 5.74) is 6.06. The maximum Gasteiger partial charge on any atom is 0.221 e. The van der Waals surface area contributed by atoms with Gasteiger partial charge in [0.25, 0.3) is 0 Å². The van der Waals surface area contributed by atoms with Gasteiger partial charge in [-0.05, 0) is 46.4 Å². The van der Waals surface area contributed by atoms with Crippen LogP contribution >= 0.6 is 38.5 Å². The van der Waals surface area contributed by atoms with Gasteiger partial charge in [0.1, 0.15) is 0 Å². The van der Waals surface area contributed by atoms with Crippen molar-refractivity contribution in [3.8, 4) is 0 Å². The van der Waals surface area contributed by atoms with Gasteiger partial charge in [-0.25, -0.2) is 0 Å². The molecule has 0 aliphatic heterocycles. The molecule has 0 unspecified atom stereocenters. The third-order valence-corrected chi connectivity index (χ3v) is 2.92. The molecular formula is C8H7BrINO. The quantitative estimate of drug-likeness (QED) is 0.824. The van der Waals surface area contributed by atoms with E-state index in [0.717, 1.165) is 13.6 Å². The second-order valence-electron chi connectivity index (χ2n) is 2.38. The van der Waals surface area contributed by atoms with Crippen molar-refractivity contribution in [1.29, 1.82) is 0 Å². The Kier molecular flexibility index (Phi) is 3.52. The van der Waals surface area contributed by atoms with Gasteiger partial charge < -0.3 is 5.73 Å². The van der Waals surface area contributed by atoms with Crippen LogP contribution in [0, 0.1) is 3.57 Å². The summed E-state index contributed by atoms with van der Waals surface area (Å²) >= 11 is 5.51. The van der Waals surface area contributed by atoms with Crippen LogP contribution in [0.5, 0.6) is 0 Å². The van der Waals surface area contributed by atoms with E-state index in [4.69, 9.17) is 5.73 Å². The largest absolute Gasteiger partial charge is 0.369 e. The van der Waals surface area contributed by atoms with Gasteiger partial charge in [0, 0.05) is 8.04 Å². The first-order valence-corrected chi connectivity index (χ1v) is 5.19. The Morgan fingerprint density at radius 1 is 1.58 bits per heavy atom. The van der Waals surface area contributed by atoms with E-state index in [2.05, 4.69) is 38.5 Å². The van der Waals surface area contributed by atoms with Crippen LogP contribution in [-0.4, -0.2) is 5.91 Å². The molecule has 1 aromatic rings. The van der Waals surface area contributed by atoms with E-state index in [1.54, 1.807) is 0 Å². The summed E-state index contributed by atoms with van der Waals surface area (Å²) in [5, 5.41) is 0. The molecule has 0 bridgehead atoms. The molecule has 64 valence electrons. The zero-order chi connectivity index (χ0) is 9.14. The Labute approximate surface area is 92.8 Å². The molecule has 0 atom stereocenters. The average molecular weight is 340 g/mol.